The van der Waals surface area contributed by atoms with Gasteiger partial charge in [0.05, 0.1) is 17.4 Å². The zero-order chi connectivity index (χ0) is 14.7. The molecule has 6 nitrogen and oxygen atoms in total. The quantitative estimate of drug-likeness (QED) is 0.899. The maximum Gasteiger partial charge on any atom is 0.337 e. The minimum Gasteiger partial charge on any atom is -0.478 e. The van der Waals surface area contributed by atoms with Crippen molar-refractivity contribution in [2.75, 3.05) is 13.1 Å². The second kappa shape index (κ2) is 5.73. The molecule has 0 saturated carbocycles. The molecule has 0 atom stereocenters. The van der Waals surface area contributed by atoms with Gasteiger partial charge in [-0.15, -0.1) is 0 Å². The molecule has 0 aliphatic carbocycles. The number of benzene rings is 1. The van der Waals surface area contributed by atoms with Gasteiger partial charge in [-0.2, -0.15) is 0 Å². The topological polar surface area (TPSA) is 75.4 Å². The lowest BCUT2D eigenvalue weighted by atomic mass is 10.2. The number of amides is 1. The van der Waals surface area contributed by atoms with Gasteiger partial charge < -0.3 is 14.6 Å². The monoisotopic (exact) mass is 275 g/mol. The zero-order valence-electron chi connectivity index (χ0n) is 11.5. The highest BCUT2D eigenvalue weighted by Crippen LogP contribution is 2.17. The molecule has 1 amide bonds. The Kier molecular flexibility index (Phi) is 4.02. The van der Waals surface area contributed by atoms with Crippen LogP contribution in [-0.4, -0.2) is 44.5 Å². The lowest BCUT2D eigenvalue weighted by Gasteiger charge is -2.18. The van der Waals surface area contributed by atoms with Crippen LogP contribution in [0.1, 0.15) is 24.2 Å². The van der Waals surface area contributed by atoms with Gasteiger partial charge in [0.15, 0.2) is 0 Å². The van der Waals surface area contributed by atoms with Crippen LogP contribution in [0.25, 0.3) is 11.0 Å². The summed E-state index contributed by atoms with van der Waals surface area (Å²) >= 11 is 0. The molecule has 0 spiro atoms. The van der Waals surface area contributed by atoms with Crippen molar-refractivity contribution >= 4 is 22.9 Å². The van der Waals surface area contributed by atoms with Gasteiger partial charge in [0, 0.05) is 13.1 Å². The highest BCUT2D eigenvalue weighted by atomic mass is 16.4. The normalized spacial score (nSPS) is 10.7. The van der Waals surface area contributed by atoms with E-state index in [0.717, 1.165) is 0 Å². The van der Waals surface area contributed by atoms with Crippen molar-refractivity contribution in [1.29, 1.82) is 0 Å². The standard InChI is InChI=1S/C14H17N3O3/c1-3-16(4-2)12(18)8-17-9-15-13-10(14(19)20)6-5-7-11(13)17/h5-7,9H,3-4,8H2,1-2H3,(H,19,20). The van der Waals surface area contributed by atoms with Crippen molar-refractivity contribution in [3.8, 4) is 0 Å². The number of carboxylic acids is 1. The Morgan fingerprint density at radius 2 is 2.00 bits per heavy atom. The third-order valence-corrected chi connectivity index (χ3v) is 3.30. The zero-order valence-corrected chi connectivity index (χ0v) is 11.5. The summed E-state index contributed by atoms with van der Waals surface area (Å²) in [5.74, 6) is -1.02. The number of imidazole rings is 1. The maximum absolute atomic E-state index is 12.1. The molecule has 1 aromatic carbocycles. The van der Waals surface area contributed by atoms with Crippen LogP contribution in [0.2, 0.25) is 0 Å². The highest BCUT2D eigenvalue weighted by molar-refractivity contribution is 6.01. The Balaban J connectivity index is 2.35. The minimum absolute atomic E-state index is 0.00460. The number of carbonyl (C=O) groups excluding carboxylic acids is 1. The number of hydrogen-bond acceptors (Lipinski definition) is 3. The fraction of sp³-hybridized carbons (Fsp3) is 0.357. The summed E-state index contributed by atoms with van der Waals surface area (Å²) in [5.41, 5.74) is 1.22. The summed E-state index contributed by atoms with van der Waals surface area (Å²) in [6, 6.07) is 4.93. The molecule has 0 radical (unpaired) electrons. The Morgan fingerprint density at radius 1 is 1.30 bits per heavy atom. The fourth-order valence-electron chi connectivity index (χ4n) is 2.21. The predicted octanol–water partition coefficient (Wildman–Crippen LogP) is 1.60. The number of rotatable bonds is 5. The molecule has 0 aliphatic rings. The lowest BCUT2D eigenvalue weighted by Crippen LogP contribution is -2.33. The fourth-order valence-corrected chi connectivity index (χ4v) is 2.21. The van der Waals surface area contributed by atoms with Crippen LogP contribution in [0.15, 0.2) is 24.5 Å². The van der Waals surface area contributed by atoms with Gasteiger partial charge in [0.2, 0.25) is 5.91 Å². The first-order valence-electron chi connectivity index (χ1n) is 6.53. The molecule has 0 saturated heterocycles. The van der Waals surface area contributed by atoms with Crippen LogP contribution in [0.5, 0.6) is 0 Å². The van der Waals surface area contributed by atoms with Gasteiger partial charge in [-0.1, -0.05) is 6.07 Å². The van der Waals surface area contributed by atoms with Crippen LogP contribution in [0.4, 0.5) is 0 Å². The molecule has 0 unspecified atom stereocenters. The Morgan fingerprint density at radius 3 is 2.60 bits per heavy atom. The number of hydrogen-bond donors (Lipinski definition) is 1. The summed E-state index contributed by atoms with van der Waals surface area (Å²) in [6.45, 7) is 5.33. The van der Waals surface area contributed by atoms with Crippen LogP contribution >= 0.6 is 0 Å². The van der Waals surface area contributed by atoms with Gasteiger partial charge in [-0.05, 0) is 26.0 Å². The minimum atomic E-state index is -1.02. The maximum atomic E-state index is 12.1. The Hall–Kier alpha value is -2.37. The molecule has 0 aliphatic heterocycles. The van der Waals surface area contributed by atoms with E-state index >= 15 is 0 Å². The van der Waals surface area contributed by atoms with Crippen molar-refractivity contribution in [3.63, 3.8) is 0 Å². The summed E-state index contributed by atoms with van der Waals surface area (Å²) in [7, 11) is 0. The molecular formula is C14H17N3O3. The first kappa shape index (κ1) is 14.0. The number of aromatic nitrogens is 2. The van der Waals surface area contributed by atoms with Gasteiger partial charge in [0.1, 0.15) is 12.1 Å². The van der Waals surface area contributed by atoms with E-state index in [0.29, 0.717) is 24.1 Å². The van der Waals surface area contributed by atoms with E-state index in [1.807, 2.05) is 13.8 Å². The average Bonchev–Trinajstić information content (AvgIpc) is 2.83. The van der Waals surface area contributed by atoms with E-state index in [1.54, 1.807) is 21.6 Å². The molecule has 106 valence electrons. The molecule has 6 heteroatoms. The second-order valence-electron chi connectivity index (χ2n) is 4.42. The first-order chi connectivity index (χ1) is 9.58. The number of likely N-dealkylation sites (N-methyl/N-ethyl adjacent to an activating group) is 1. The summed E-state index contributed by atoms with van der Waals surface area (Å²) in [4.78, 5) is 29.1. The SMILES string of the molecule is CCN(CC)C(=O)Cn1cnc2c(C(=O)O)cccc21. The molecule has 1 N–H and O–H groups in total. The Labute approximate surface area is 116 Å². The van der Waals surface area contributed by atoms with E-state index in [2.05, 4.69) is 4.98 Å². The molecule has 0 fully saturated rings. The first-order valence-corrected chi connectivity index (χ1v) is 6.53. The summed E-state index contributed by atoms with van der Waals surface area (Å²) in [5, 5.41) is 9.11. The third kappa shape index (κ3) is 2.49. The van der Waals surface area contributed by atoms with Gasteiger partial charge in [-0.25, -0.2) is 9.78 Å². The van der Waals surface area contributed by atoms with E-state index in [4.69, 9.17) is 5.11 Å². The van der Waals surface area contributed by atoms with Crippen molar-refractivity contribution < 1.29 is 14.7 Å². The van der Waals surface area contributed by atoms with Crippen LogP contribution < -0.4 is 0 Å². The van der Waals surface area contributed by atoms with Gasteiger partial charge in [-0.3, -0.25) is 4.79 Å². The number of fused-ring (bicyclic) bond motifs is 1. The number of carbonyl (C=O) groups is 2. The van der Waals surface area contributed by atoms with E-state index in [1.165, 1.54) is 12.4 Å². The molecule has 2 aromatic rings. The van der Waals surface area contributed by atoms with E-state index in [9.17, 15) is 9.59 Å². The van der Waals surface area contributed by atoms with E-state index in [-0.39, 0.29) is 18.0 Å². The third-order valence-electron chi connectivity index (χ3n) is 3.30. The predicted molar refractivity (Wildman–Crippen MR) is 74.6 cm³/mol. The largest absolute Gasteiger partial charge is 0.478 e. The van der Waals surface area contributed by atoms with Gasteiger partial charge in [0.25, 0.3) is 0 Å². The lowest BCUT2D eigenvalue weighted by molar-refractivity contribution is -0.131. The number of carboxylic acid groups (broad SMARTS) is 1. The van der Waals surface area contributed by atoms with Crippen molar-refractivity contribution in [1.82, 2.24) is 14.5 Å². The van der Waals surface area contributed by atoms with Crippen LogP contribution in [0.3, 0.4) is 0 Å². The molecule has 2 rings (SSSR count). The molecule has 0 bridgehead atoms. The van der Waals surface area contributed by atoms with Crippen LogP contribution in [0, 0.1) is 0 Å². The van der Waals surface area contributed by atoms with Gasteiger partial charge >= 0.3 is 5.97 Å². The smallest absolute Gasteiger partial charge is 0.337 e. The van der Waals surface area contributed by atoms with Crippen molar-refractivity contribution in [2.24, 2.45) is 0 Å². The van der Waals surface area contributed by atoms with Crippen molar-refractivity contribution in [3.05, 3.63) is 30.1 Å². The highest BCUT2D eigenvalue weighted by Gasteiger charge is 2.15. The van der Waals surface area contributed by atoms with Crippen LogP contribution in [-0.2, 0) is 11.3 Å². The molecular weight excluding hydrogens is 258 g/mol. The molecule has 1 heterocycles. The molecule has 1 aromatic heterocycles. The van der Waals surface area contributed by atoms with E-state index < -0.39 is 5.97 Å². The summed E-state index contributed by atoms with van der Waals surface area (Å²) in [6.07, 6.45) is 1.51. The molecule has 20 heavy (non-hydrogen) atoms. The number of aromatic carboxylic acids is 1. The number of nitrogens with zero attached hydrogens (tertiary/aromatic N) is 3. The Bertz CT molecular complexity index is 644. The second-order valence-corrected chi connectivity index (χ2v) is 4.42. The summed E-state index contributed by atoms with van der Waals surface area (Å²) < 4.78 is 1.68. The average molecular weight is 275 g/mol. The number of para-hydroxylation sites is 1. The van der Waals surface area contributed by atoms with Crippen molar-refractivity contribution in [2.45, 2.75) is 20.4 Å².